The fourth-order valence-electron chi connectivity index (χ4n) is 2.78. The van der Waals surface area contributed by atoms with Crippen molar-refractivity contribution >= 4 is 27.8 Å². The molecule has 0 saturated carbocycles. The Hall–Kier alpha value is -2.92. The second kappa shape index (κ2) is 8.97. The molecule has 3 aromatic rings. The third kappa shape index (κ3) is 4.18. The van der Waals surface area contributed by atoms with Gasteiger partial charge in [-0.05, 0) is 30.7 Å². The van der Waals surface area contributed by atoms with Gasteiger partial charge in [-0.1, -0.05) is 36.4 Å². The highest BCUT2D eigenvalue weighted by Gasteiger charge is 2.06. The number of hydrogen-bond donors (Lipinski definition) is 1. The number of para-hydroxylation sites is 1. The number of rotatable bonds is 8. The van der Waals surface area contributed by atoms with Crippen LogP contribution in [0.2, 0.25) is 0 Å². The third-order valence-corrected chi connectivity index (χ3v) is 4.09. The molecule has 26 heavy (non-hydrogen) atoms. The molecule has 0 fully saturated rings. The zero-order chi connectivity index (χ0) is 18.2. The lowest BCUT2D eigenvalue weighted by Crippen LogP contribution is -2.04. The molecule has 0 aromatic heterocycles. The van der Waals surface area contributed by atoms with Crippen molar-refractivity contribution < 1.29 is 9.47 Å². The second-order valence-corrected chi connectivity index (χ2v) is 5.82. The average Bonchev–Trinajstić information content (AvgIpc) is 2.70. The van der Waals surface area contributed by atoms with Gasteiger partial charge in [0.1, 0.15) is 11.4 Å². The average molecular weight is 349 g/mol. The summed E-state index contributed by atoms with van der Waals surface area (Å²) in [7, 11) is 3.35. The number of anilines is 1. The molecule has 0 unspecified atom stereocenters. The van der Waals surface area contributed by atoms with Crippen LogP contribution in [0.25, 0.3) is 10.8 Å². The Morgan fingerprint density at radius 1 is 0.808 bits per heavy atom. The van der Waals surface area contributed by atoms with Gasteiger partial charge >= 0.3 is 0 Å². The first-order chi connectivity index (χ1) is 12.8. The van der Waals surface area contributed by atoms with Crippen LogP contribution in [-0.2, 0) is 4.74 Å². The van der Waals surface area contributed by atoms with E-state index in [0.29, 0.717) is 11.4 Å². The second-order valence-electron chi connectivity index (χ2n) is 5.82. The maximum Gasteiger partial charge on any atom is 0.146 e. The number of nitrogens with one attached hydrogen (secondary N) is 1. The summed E-state index contributed by atoms with van der Waals surface area (Å²) < 4.78 is 10.4. The van der Waals surface area contributed by atoms with Gasteiger partial charge in [0, 0.05) is 36.7 Å². The van der Waals surface area contributed by atoms with Crippen molar-refractivity contribution in [1.29, 1.82) is 0 Å². The van der Waals surface area contributed by atoms with Gasteiger partial charge in [0.2, 0.25) is 0 Å². The quantitative estimate of drug-likeness (QED) is 0.418. The summed E-state index contributed by atoms with van der Waals surface area (Å²) in [5, 5.41) is 14.5. The summed E-state index contributed by atoms with van der Waals surface area (Å²) >= 11 is 0. The highest BCUT2D eigenvalue weighted by Crippen LogP contribution is 2.34. The Morgan fingerprint density at radius 2 is 1.54 bits per heavy atom. The van der Waals surface area contributed by atoms with E-state index in [0.717, 1.165) is 41.7 Å². The monoisotopic (exact) mass is 349 g/mol. The molecule has 0 spiro atoms. The molecule has 1 N–H and O–H groups in total. The van der Waals surface area contributed by atoms with E-state index in [1.54, 1.807) is 14.2 Å². The third-order valence-electron chi connectivity index (χ3n) is 4.09. The molecule has 5 nitrogen and oxygen atoms in total. The van der Waals surface area contributed by atoms with Crippen LogP contribution >= 0.6 is 0 Å². The minimum Gasteiger partial charge on any atom is -0.494 e. The molecule has 0 bridgehead atoms. The van der Waals surface area contributed by atoms with Crippen LogP contribution < -0.4 is 10.1 Å². The van der Waals surface area contributed by atoms with Crippen molar-refractivity contribution in [2.24, 2.45) is 10.2 Å². The van der Waals surface area contributed by atoms with Crippen LogP contribution in [0.1, 0.15) is 6.42 Å². The zero-order valence-electron chi connectivity index (χ0n) is 15.1. The summed E-state index contributed by atoms with van der Waals surface area (Å²) in [6.07, 6.45) is 0.958. The van der Waals surface area contributed by atoms with E-state index >= 15 is 0 Å². The summed E-state index contributed by atoms with van der Waals surface area (Å²) in [6, 6.07) is 19.8. The van der Waals surface area contributed by atoms with Gasteiger partial charge in [-0.2, -0.15) is 0 Å². The lowest BCUT2D eigenvalue weighted by atomic mass is 10.1. The first kappa shape index (κ1) is 17.9. The van der Waals surface area contributed by atoms with E-state index in [2.05, 4.69) is 27.7 Å². The number of hydrogen-bond acceptors (Lipinski definition) is 5. The zero-order valence-corrected chi connectivity index (χ0v) is 15.1. The fraction of sp³-hybridized carbons (Fsp3) is 0.238. The Morgan fingerprint density at radius 3 is 2.35 bits per heavy atom. The maximum atomic E-state index is 5.33. The van der Waals surface area contributed by atoms with Crippen LogP contribution in [0, 0.1) is 0 Å². The summed E-state index contributed by atoms with van der Waals surface area (Å²) in [4.78, 5) is 0. The van der Waals surface area contributed by atoms with Gasteiger partial charge in [0.15, 0.2) is 0 Å². The van der Waals surface area contributed by atoms with Crippen LogP contribution in [0.5, 0.6) is 5.75 Å². The molecule has 0 heterocycles. The van der Waals surface area contributed by atoms with E-state index in [1.165, 1.54) is 0 Å². The first-order valence-corrected chi connectivity index (χ1v) is 8.63. The molecule has 0 radical (unpaired) electrons. The molecule has 0 saturated heterocycles. The first-order valence-electron chi connectivity index (χ1n) is 8.63. The molecule has 3 aromatic carbocycles. The van der Waals surface area contributed by atoms with Gasteiger partial charge in [-0.15, -0.1) is 10.2 Å². The van der Waals surface area contributed by atoms with Gasteiger partial charge in [-0.25, -0.2) is 0 Å². The van der Waals surface area contributed by atoms with Crippen molar-refractivity contribution in [2.75, 3.05) is 32.7 Å². The lowest BCUT2D eigenvalue weighted by Gasteiger charge is -2.11. The van der Waals surface area contributed by atoms with Crippen LogP contribution in [0.3, 0.4) is 0 Å². The number of azo groups is 1. The van der Waals surface area contributed by atoms with E-state index in [-0.39, 0.29) is 0 Å². The van der Waals surface area contributed by atoms with Gasteiger partial charge in [0.25, 0.3) is 0 Å². The van der Waals surface area contributed by atoms with Gasteiger partial charge < -0.3 is 14.8 Å². The maximum absolute atomic E-state index is 5.33. The molecule has 134 valence electrons. The molecular weight excluding hydrogens is 326 g/mol. The molecular formula is C21H23N3O2. The van der Waals surface area contributed by atoms with E-state index in [1.807, 2.05) is 48.5 Å². The number of ether oxygens (including phenoxy) is 2. The van der Waals surface area contributed by atoms with Gasteiger partial charge in [-0.3, -0.25) is 0 Å². The molecule has 5 heteroatoms. The summed E-state index contributed by atoms with van der Waals surface area (Å²) in [5.74, 6) is 0.706. The van der Waals surface area contributed by atoms with Crippen molar-refractivity contribution in [3.63, 3.8) is 0 Å². The van der Waals surface area contributed by atoms with Crippen molar-refractivity contribution in [3.05, 3.63) is 60.7 Å². The smallest absolute Gasteiger partial charge is 0.146 e. The standard InChI is InChI=1S/C21H23N3O2/c1-25-15-7-14-22-18-12-13-19(17-9-4-3-8-16(17)18)23-24-20-10-5-6-11-21(20)26-2/h3-6,8-13,22H,7,14-15H2,1-2H3/b24-23+. The molecule has 3 rings (SSSR count). The largest absolute Gasteiger partial charge is 0.494 e. The Kier molecular flexibility index (Phi) is 6.17. The molecule has 0 aliphatic carbocycles. The molecule has 0 amide bonds. The highest BCUT2D eigenvalue weighted by molar-refractivity contribution is 6.00. The van der Waals surface area contributed by atoms with Gasteiger partial charge in [0.05, 0.1) is 12.8 Å². The van der Waals surface area contributed by atoms with Crippen molar-refractivity contribution in [2.45, 2.75) is 6.42 Å². The van der Waals surface area contributed by atoms with Crippen LogP contribution in [0.4, 0.5) is 17.1 Å². The number of fused-ring (bicyclic) bond motifs is 1. The number of methoxy groups -OCH3 is 2. The van der Waals surface area contributed by atoms with E-state index in [4.69, 9.17) is 9.47 Å². The minimum absolute atomic E-state index is 0.706. The SMILES string of the molecule is COCCCNc1ccc(/N=N/c2ccccc2OC)c2ccccc12. The summed E-state index contributed by atoms with van der Waals surface area (Å²) in [5.41, 5.74) is 2.63. The number of benzene rings is 3. The molecule has 0 atom stereocenters. The normalized spacial score (nSPS) is 11.2. The lowest BCUT2D eigenvalue weighted by molar-refractivity contribution is 0.198. The number of nitrogens with zero attached hydrogens (tertiary/aromatic N) is 2. The van der Waals surface area contributed by atoms with Crippen LogP contribution in [0.15, 0.2) is 70.9 Å². The molecule has 0 aliphatic rings. The predicted octanol–water partition coefficient (Wildman–Crippen LogP) is 5.71. The van der Waals surface area contributed by atoms with Crippen molar-refractivity contribution in [1.82, 2.24) is 0 Å². The molecule has 0 aliphatic heterocycles. The fourth-order valence-corrected chi connectivity index (χ4v) is 2.78. The topological polar surface area (TPSA) is 55.2 Å². The Bertz CT molecular complexity index is 893. The van der Waals surface area contributed by atoms with E-state index < -0.39 is 0 Å². The predicted molar refractivity (Wildman–Crippen MR) is 106 cm³/mol. The Balaban J connectivity index is 1.89. The Labute approximate surface area is 153 Å². The van der Waals surface area contributed by atoms with Crippen LogP contribution in [-0.4, -0.2) is 27.4 Å². The minimum atomic E-state index is 0.706. The highest BCUT2D eigenvalue weighted by atomic mass is 16.5. The summed E-state index contributed by atoms with van der Waals surface area (Å²) in [6.45, 7) is 1.61. The van der Waals surface area contributed by atoms with Crippen molar-refractivity contribution in [3.8, 4) is 5.75 Å². The van der Waals surface area contributed by atoms with E-state index in [9.17, 15) is 0 Å².